The predicted octanol–water partition coefficient (Wildman–Crippen LogP) is 1.43. The Bertz CT molecular complexity index is 575. The van der Waals surface area contributed by atoms with E-state index in [1.165, 1.54) is 0 Å². The second-order valence-electron chi connectivity index (χ2n) is 5.59. The molecule has 114 valence electrons. The minimum Gasteiger partial charge on any atom is -0.395 e. The first kappa shape index (κ1) is 15.7. The number of hydrogen-bond donors (Lipinski definition) is 2. The van der Waals surface area contributed by atoms with Gasteiger partial charge in [-0.05, 0) is 18.9 Å². The van der Waals surface area contributed by atoms with Gasteiger partial charge in [0.1, 0.15) is 12.2 Å². The van der Waals surface area contributed by atoms with Gasteiger partial charge in [0.15, 0.2) is 0 Å². The number of nitrogens with zero attached hydrogens (tertiary/aromatic N) is 3. The zero-order chi connectivity index (χ0) is 15.3. The fourth-order valence-corrected chi connectivity index (χ4v) is 2.61. The average molecular weight is 288 g/mol. The monoisotopic (exact) mass is 288 g/mol. The molecular weight excluding hydrogens is 264 g/mol. The van der Waals surface area contributed by atoms with E-state index in [1.807, 2.05) is 29.8 Å². The summed E-state index contributed by atoms with van der Waals surface area (Å²) in [5.41, 5.74) is 7.73. The standard InChI is InChI=1S/C16H24N4O/c1-3-7-20-15(18-12-19-20)9-16(10-17,11-21)14-6-4-5-13(2)8-14/h4-6,8,12,21H,3,7,9-11,17H2,1-2H3. The van der Waals surface area contributed by atoms with Gasteiger partial charge >= 0.3 is 0 Å². The molecule has 5 heteroatoms. The van der Waals surface area contributed by atoms with Crippen molar-refractivity contribution in [1.29, 1.82) is 0 Å². The molecule has 1 atom stereocenters. The third-order valence-corrected chi connectivity index (χ3v) is 3.95. The summed E-state index contributed by atoms with van der Waals surface area (Å²) >= 11 is 0. The number of aromatic nitrogens is 3. The van der Waals surface area contributed by atoms with E-state index in [4.69, 9.17) is 5.73 Å². The quantitative estimate of drug-likeness (QED) is 0.808. The number of benzene rings is 1. The van der Waals surface area contributed by atoms with Crippen LogP contribution in [0, 0.1) is 6.92 Å². The molecule has 3 N–H and O–H groups in total. The summed E-state index contributed by atoms with van der Waals surface area (Å²) in [6.45, 7) is 5.34. The van der Waals surface area contributed by atoms with Crippen molar-refractivity contribution in [1.82, 2.24) is 14.8 Å². The fourth-order valence-electron chi connectivity index (χ4n) is 2.61. The van der Waals surface area contributed by atoms with Crippen molar-refractivity contribution in [2.75, 3.05) is 13.2 Å². The van der Waals surface area contributed by atoms with E-state index < -0.39 is 5.41 Å². The van der Waals surface area contributed by atoms with E-state index in [2.05, 4.69) is 23.1 Å². The SMILES string of the molecule is CCCn1ncnc1CC(CN)(CO)c1cccc(C)c1. The van der Waals surface area contributed by atoms with Crippen LogP contribution in [0.4, 0.5) is 0 Å². The van der Waals surface area contributed by atoms with Crippen molar-refractivity contribution in [3.8, 4) is 0 Å². The first-order valence-corrected chi connectivity index (χ1v) is 7.40. The molecule has 1 aromatic heterocycles. The molecule has 0 aliphatic carbocycles. The molecule has 0 aliphatic rings. The third-order valence-electron chi connectivity index (χ3n) is 3.95. The minimum absolute atomic E-state index is 0.00800. The average Bonchev–Trinajstić information content (AvgIpc) is 2.92. The Balaban J connectivity index is 2.36. The summed E-state index contributed by atoms with van der Waals surface area (Å²) in [5, 5.41) is 14.3. The Labute approximate surface area is 125 Å². The molecule has 0 aliphatic heterocycles. The van der Waals surface area contributed by atoms with Crippen LogP contribution in [-0.2, 0) is 18.4 Å². The van der Waals surface area contributed by atoms with Gasteiger partial charge in [-0.25, -0.2) is 4.98 Å². The maximum absolute atomic E-state index is 10.0. The zero-order valence-electron chi connectivity index (χ0n) is 12.8. The number of aryl methyl sites for hydroxylation is 2. The molecule has 0 spiro atoms. The second-order valence-corrected chi connectivity index (χ2v) is 5.59. The highest BCUT2D eigenvalue weighted by Gasteiger charge is 2.32. The lowest BCUT2D eigenvalue weighted by atomic mass is 9.77. The highest BCUT2D eigenvalue weighted by atomic mass is 16.3. The van der Waals surface area contributed by atoms with Gasteiger partial charge < -0.3 is 10.8 Å². The summed E-state index contributed by atoms with van der Waals surface area (Å²) in [5.74, 6) is 0.873. The molecule has 2 aromatic rings. The van der Waals surface area contributed by atoms with Crippen LogP contribution in [0.25, 0.3) is 0 Å². The van der Waals surface area contributed by atoms with Crippen molar-refractivity contribution in [2.24, 2.45) is 5.73 Å². The number of aliphatic hydroxyl groups is 1. The molecule has 1 unspecified atom stereocenters. The zero-order valence-corrected chi connectivity index (χ0v) is 12.8. The molecule has 0 saturated carbocycles. The molecule has 0 radical (unpaired) electrons. The van der Waals surface area contributed by atoms with Crippen LogP contribution in [0.2, 0.25) is 0 Å². The van der Waals surface area contributed by atoms with Crippen molar-refractivity contribution in [3.63, 3.8) is 0 Å². The largest absolute Gasteiger partial charge is 0.395 e. The van der Waals surface area contributed by atoms with Crippen molar-refractivity contribution in [3.05, 3.63) is 47.5 Å². The lowest BCUT2D eigenvalue weighted by molar-refractivity contribution is 0.192. The van der Waals surface area contributed by atoms with Gasteiger partial charge in [-0.15, -0.1) is 0 Å². The topological polar surface area (TPSA) is 77.0 Å². The van der Waals surface area contributed by atoms with Crippen LogP contribution in [-0.4, -0.2) is 33.0 Å². The Morgan fingerprint density at radius 2 is 2.19 bits per heavy atom. The minimum atomic E-state index is -0.509. The van der Waals surface area contributed by atoms with E-state index in [0.29, 0.717) is 13.0 Å². The van der Waals surface area contributed by atoms with Crippen molar-refractivity contribution >= 4 is 0 Å². The first-order chi connectivity index (χ1) is 10.1. The van der Waals surface area contributed by atoms with Gasteiger partial charge in [-0.3, -0.25) is 4.68 Å². The maximum Gasteiger partial charge on any atom is 0.138 e. The van der Waals surface area contributed by atoms with Crippen molar-refractivity contribution in [2.45, 2.75) is 38.6 Å². The summed E-state index contributed by atoms with van der Waals surface area (Å²) < 4.78 is 1.90. The Morgan fingerprint density at radius 1 is 1.38 bits per heavy atom. The summed E-state index contributed by atoms with van der Waals surface area (Å²) in [6.07, 6.45) is 3.15. The number of hydrogen-bond acceptors (Lipinski definition) is 4. The van der Waals surface area contributed by atoms with Crippen LogP contribution >= 0.6 is 0 Å². The highest BCUT2D eigenvalue weighted by Crippen LogP contribution is 2.27. The predicted molar refractivity (Wildman–Crippen MR) is 83.0 cm³/mol. The number of nitrogens with two attached hydrogens (primary N) is 1. The second kappa shape index (κ2) is 6.83. The van der Waals surface area contributed by atoms with Crippen LogP contribution in [0.15, 0.2) is 30.6 Å². The summed E-state index contributed by atoms with van der Waals surface area (Å²) in [4.78, 5) is 4.35. The van der Waals surface area contributed by atoms with E-state index in [1.54, 1.807) is 6.33 Å². The van der Waals surface area contributed by atoms with Crippen LogP contribution in [0.1, 0.15) is 30.3 Å². The molecule has 21 heavy (non-hydrogen) atoms. The van der Waals surface area contributed by atoms with Gasteiger partial charge in [0.05, 0.1) is 6.61 Å². The molecule has 0 bridgehead atoms. The molecule has 5 nitrogen and oxygen atoms in total. The van der Waals surface area contributed by atoms with Crippen molar-refractivity contribution < 1.29 is 5.11 Å². The Hall–Kier alpha value is -1.72. The maximum atomic E-state index is 10.0. The molecule has 1 aromatic carbocycles. The molecule has 0 saturated heterocycles. The molecule has 0 fully saturated rings. The number of rotatable bonds is 7. The summed E-state index contributed by atoms with van der Waals surface area (Å²) in [7, 11) is 0. The van der Waals surface area contributed by atoms with E-state index >= 15 is 0 Å². The van der Waals surface area contributed by atoms with Gasteiger partial charge in [-0.2, -0.15) is 5.10 Å². The summed E-state index contributed by atoms with van der Waals surface area (Å²) in [6, 6.07) is 8.16. The van der Waals surface area contributed by atoms with Gasteiger partial charge in [0.2, 0.25) is 0 Å². The first-order valence-electron chi connectivity index (χ1n) is 7.40. The van der Waals surface area contributed by atoms with E-state index in [0.717, 1.165) is 29.9 Å². The highest BCUT2D eigenvalue weighted by molar-refractivity contribution is 5.31. The molecular formula is C16H24N4O. The normalized spacial score (nSPS) is 14.1. The fraction of sp³-hybridized carbons (Fsp3) is 0.500. The van der Waals surface area contributed by atoms with Crippen LogP contribution in [0.3, 0.4) is 0 Å². The Kier molecular flexibility index (Phi) is 5.09. The molecule has 0 amide bonds. The lowest BCUT2D eigenvalue weighted by Crippen LogP contribution is -2.41. The molecule has 1 heterocycles. The number of aliphatic hydroxyl groups excluding tert-OH is 1. The lowest BCUT2D eigenvalue weighted by Gasteiger charge is -2.31. The third kappa shape index (κ3) is 3.31. The van der Waals surface area contributed by atoms with E-state index in [-0.39, 0.29) is 6.61 Å². The van der Waals surface area contributed by atoms with Crippen LogP contribution in [0.5, 0.6) is 0 Å². The smallest absolute Gasteiger partial charge is 0.138 e. The molecule has 2 rings (SSSR count). The van der Waals surface area contributed by atoms with E-state index in [9.17, 15) is 5.11 Å². The van der Waals surface area contributed by atoms with Gasteiger partial charge in [0, 0.05) is 24.9 Å². The van der Waals surface area contributed by atoms with Gasteiger partial charge in [-0.1, -0.05) is 36.8 Å². The Morgan fingerprint density at radius 3 is 2.81 bits per heavy atom. The van der Waals surface area contributed by atoms with Gasteiger partial charge in [0.25, 0.3) is 0 Å². The van der Waals surface area contributed by atoms with Crippen LogP contribution < -0.4 is 5.73 Å².